The van der Waals surface area contributed by atoms with Gasteiger partial charge in [-0.1, -0.05) is 6.07 Å². The van der Waals surface area contributed by atoms with Gasteiger partial charge in [-0.2, -0.15) is 0 Å². The molecule has 2 aromatic carbocycles. The fourth-order valence-corrected chi connectivity index (χ4v) is 5.41. The summed E-state index contributed by atoms with van der Waals surface area (Å²) in [4.78, 5) is 15.5. The van der Waals surface area contributed by atoms with Crippen LogP contribution in [0, 0.1) is 5.82 Å². The van der Waals surface area contributed by atoms with Crippen molar-refractivity contribution in [3.8, 4) is 0 Å². The Morgan fingerprint density at radius 3 is 2.31 bits per heavy atom. The quantitative estimate of drug-likeness (QED) is 0.494. The maximum absolute atomic E-state index is 13.9. The summed E-state index contributed by atoms with van der Waals surface area (Å²) in [7, 11) is -4.30. The Bertz CT molecular complexity index is 1360. The average molecular weight is 510 g/mol. The minimum absolute atomic E-state index is 0.0701. The van der Waals surface area contributed by atoms with Gasteiger partial charge in [0.2, 0.25) is 0 Å². The smallest absolute Gasteiger partial charge is 0.410 e. The van der Waals surface area contributed by atoms with Crippen LogP contribution in [0.4, 0.5) is 23.7 Å². The Labute approximate surface area is 201 Å². The molecule has 0 spiro atoms. The minimum Gasteiger partial charge on any atom is -0.444 e. The third-order valence-corrected chi connectivity index (χ3v) is 7.34. The average Bonchev–Trinajstić information content (AvgIpc) is 3.18. The molecule has 1 aliphatic heterocycles. The van der Waals surface area contributed by atoms with E-state index in [-0.39, 0.29) is 15.8 Å². The van der Waals surface area contributed by atoms with E-state index in [1.165, 1.54) is 24.3 Å². The SMILES string of the molecule is CC(C)(C)OC(=O)N1CCN(c2ccc3c(c2)c(C(F)F)cn3S(=O)(=O)c2cccc(F)c2)CC1. The zero-order valence-corrected chi connectivity index (χ0v) is 20.4. The first-order chi connectivity index (χ1) is 16.4. The number of hydrogen-bond donors (Lipinski definition) is 0. The second kappa shape index (κ2) is 9.10. The van der Waals surface area contributed by atoms with E-state index in [1.807, 2.05) is 4.90 Å². The second-order valence-electron chi connectivity index (χ2n) is 9.30. The van der Waals surface area contributed by atoms with Gasteiger partial charge in [0.1, 0.15) is 11.4 Å². The summed E-state index contributed by atoms with van der Waals surface area (Å²) in [6, 6.07) is 9.05. The highest BCUT2D eigenvalue weighted by Crippen LogP contribution is 2.35. The molecular formula is C24H26F3N3O4S. The lowest BCUT2D eigenvalue weighted by Gasteiger charge is -2.36. The van der Waals surface area contributed by atoms with Crippen molar-refractivity contribution in [1.29, 1.82) is 0 Å². The van der Waals surface area contributed by atoms with Crippen molar-refractivity contribution in [2.75, 3.05) is 31.1 Å². The van der Waals surface area contributed by atoms with E-state index in [0.717, 1.165) is 22.3 Å². The highest BCUT2D eigenvalue weighted by molar-refractivity contribution is 7.90. The molecule has 11 heteroatoms. The predicted molar refractivity (Wildman–Crippen MR) is 126 cm³/mol. The number of nitrogens with zero attached hydrogens (tertiary/aromatic N) is 3. The number of benzene rings is 2. The molecule has 4 rings (SSSR count). The summed E-state index contributed by atoms with van der Waals surface area (Å²) in [6.45, 7) is 7.06. The highest BCUT2D eigenvalue weighted by atomic mass is 32.2. The number of ether oxygens (including phenoxy) is 1. The lowest BCUT2D eigenvalue weighted by atomic mass is 10.1. The van der Waals surface area contributed by atoms with Crippen molar-refractivity contribution >= 4 is 32.7 Å². The van der Waals surface area contributed by atoms with Crippen molar-refractivity contribution < 1.29 is 31.1 Å². The number of anilines is 1. The van der Waals surface area contributed by atoms with Gasteiger partial charge in [-0.15, -0.1) is 0 Å². The fraction of sp³-hybridized carbons (Fsp3) is 0.375. The van der Waals surface area contributed by atoms with Crippen molar-refractivity contribution in [3.63, 3.8) is 0 Å². The lowest BCUT2D eigenvalue weighted by molar-refractivity contribution is 0.0240. The van der Waals surface area contributed by atoms with Crippen LogP contribution < -0.4 is 4.90 Å². The number of amides is 1. The zero-order chi connectivity index (χ0) is 25.5. The Morgan fingerprint density at radius 1 is 1.03 bits per heavy atom. The van der Waals surface area contributed by atoms with Gasteiger partial charge >= 0.3 is 6.09 Å². The van der Waals surface area contributed by atoms with Crippen molar-refractivity contribution in [1.82, 2.24) is 8.87 Å². The van der Waals surface area contributed by atoms with Crippen LogP contribution in [-0.2, 0) is 14.8 Å². The van der Waals surface area contributed by atoms with E-state index < -0.39 is 39.5 Å². The molecule has 1 aliphatic rings. The molecule has 2 heterocycles. The van der Waals surface area contributed by atoms with Gasteiger partial charge < -0.3 is 14.5 Å². The van der Waals surface area contributed by atoms with E-state index in [2.05, 4.69) is 0 Å². The zero-order valence-electron chi connectivity index (χ0n) is 19.5. The van der Waals surface area contributed by atoms with E-state index in [0.29, 0.717) is 31.9 Å². The van der Waals surface area contributed by atoms with Crippen molar-refractivity contribution in [2.45, 2.75) is 37.7 Å². The second-order valence-corrected chi connectivity index (χ2v) is 11.1. The third-order valence-electron chi connectivity index (χ3n) is 5.67. The van der Waals surface area contributed by atoms with Crippen LogP contribution in [0.25, 0.3) is 10.9 Å². The van der Waals surface area contributed by atoms with Crippen LogP contribution in [0.1, 0.15) is 32.8 Å². The van der Waals surface area contributed by atoms with Crippen LogP contribution >= 0.6 is 0 Å². The van der Waals surface area contributed by atoms with Crippen LogP contribution in [-0.4, -0.2) is 55.2 Å². The van der Waals surface area contributed by atoms with Crippen molar-refractivity contribution in [3.05, 3.63) is 60.0 Å². The molecule has 1 amide bonds. The molecule has 35 heavy (non-hydrogen) atoms. The van der Waals surface area contributed by atoms with Crippen molar-refractivity contribution in [2.24, 2.45) is 0 Å². The molecule has 188 valence electrons. The molecule has 1 fully saturated rings. The maximum Gasteiger partial charge on any atom is 0.410 e. The first kappa shape index (κ1) is 24.9. The van der Waals surface area contributed by atoms with Gasteiger partial charge in [0.25, 0.3) is 16.4 Å². The Hall–Kier alpha value is -3.21. The predicted octanol–water partition coefficient (Wildman–Crippen LogP) is 5.01. The number of aromatic nitrogens is 1. The van der Waals surface area contributed by atoms with E-state index in [1.54, 1.807) is 31.7 Å². The highest BCUT2D eigenvalue weighted by Gasteiger charge is 2.28. The van der Waals surface area contributed by atoms with Gasteiger partial charge in [-0.05, 0) is 57.2 Å². The molecule has 0 aliphatic carbocycles. The van der Waals surface area contributed by atoms with Crippen LogP contribution in [0.5, 0.6) is 0 Å². The Kier molecular flexibility index (Phi) is 6.48. The lowest BCUT2D eigenvalue weighted by Crippen LogP contribution is -2.50. The topological polar surface area (TPSA) is 71.8 Å². The van der Waals surface area contributed by atoms with Gasteiger partial charge in [-0.3, -0.25) is 0 Å². The van der Waals surface area contributed by atoms with E-state index in [9.17, 15) is 26.4 Å². The number of carbonyl (C=O) groups excluding carboxylic acids is 1. The number of alkyl halides is 2. The van der Waals surface area contributed by atoms with Gasteiger partial charge in [0.15, 0.2) is 0 Å². The summed E-state index contributed by atoms with van der Waals surface area (Å²) < 4.78 is 73.8. The normalized spacial score (nSPS) is 15.2. The molecule has 1 aromatic heterocycles. The number of fused-ring (bicyclic) bond motifs is 1. The van der Waals surface area contributed by atoms with E-state index in [4.69, 9.17) is 4.74 Å². The summed E-state index contributed by atoms with van der Waals surface area (Å²) in [6.07, 6.45) is -2.44. The molecule has 0 bridgehead atoms. The number of carbonyl (C=O) groups is 1. The summed E-state index contributed by atoms with van der Waals surface area (Å²) in [5, 5.41) is 0.0899. The molecule has 3 aromatic rings. The largest absolute Gasteiger partial charge is 0.444 e. The number of rotatable bonds is 4. The first-order valence-corrected chi connectivity index (χ1v) is 12.5. The first-order valence-electron chi connectivity index (χ1n) is 11.0. The molecule has 1 saturated heterocycles. The van der Waals surface area contributed by atoms with Crippen LogP contribution in [0.3, 0.4) is 0 Å². The monoisotopic (exact) mass is 509 g/mol. The van der Waals surface area contributed by atoms with E-state index >= 15 is 0 Å². The molecule has 0 unspecified atom stereocenters. The number of piperazine rings is 1. The van der Waals surface area contributed by atoms with Crippen LogP contribution in [0.2, 0.25) is 0 Å². The number of hydrogen-bond acceptors (Lipinski definition) is 5. The standard InChI is InChI=1S/C24H26F3N3O4S/c1-24(2,3)34-23(31)29-11-9-28(10-12-29)17-7-8-21-19(14-17)20(22(26)27)15-30(21)35(32,33)18-6-4-5-16(25)13-18/h4-8,13-15,22H,9-12H2,1-3H3. The Morgan fingerprint density at radius 2 is 1.71 bits per heavy atom. The summed E-state index contributed by atoms with van der Waals surface area (Å²) >= 11 is 0. The molecular weight excluding hydrogens is 483 g/mol. The van der Waals surface area contributed by atoms with Gasteiger partial charge in [0.05, 0.1) is 10.4 Å². The summed E-state index contributed by atoms with van der Waals surface area (Å²) in [5.41, 5.74) is -0.344. The molecule has 0 atom stereocenters. The Balaban J connectivity index is 1.64. The molecule has 7 nitrogen and oxygen atoms in total. The number of halogens is 3. The van der Waals surface area contributed by atoms with Gasteiger partial charge in [0, 0.05) is 49.0 Å². The maximum atomic E-state index is 13.9. The molecule has 0 saturated carbocycles. The fourth-order valence-electron chi connectivity index (χ4n) is 4.00. The molecule has 0 N–H and O–H groups in total. The van der Waals surface area contributed by atoms with Crippen LogP contribution in [0.15, 0.2) is 53.6 Å². The minimum atomic E-state index is -4.30. The molecule has 0 radical (unpaired) electrons. The third kappa shape index (κ3) is 5.09. The summed E-state index contributed by atoms with van der Waals surface area (Å²) in [5.74, 6) is -0.746. The van der Waals surface area contributed by atoms with Gasteiger partial charge in [-0.25, -0.2) is 30.4 Å².